The first-order valence-corrected chi connectivity index (χ1v) is 8.75. The molecule has 1 aromatic carbocycles. The average Bonchev–Trinajstić information content (AvgIpc) is 2.74. The summed E-state index contributed by atoms with van der Waals surface area (Å²) in [5, 5.41) is 2.96. The normalized spacial score (nSPS) is 15.3. The Hall–Kier alpha value is -1.84. The van der Waals surface area contributed by atoms with E-state index in [1.807, 2.05) is 11.0 Å². The number of amides is 2. The summed E-state index contributed by atoms with van der Waals surface area (Å²) in [5.41, 5.74) is 2.43. The van der Waals surface area contributed by atoms with Crippen LogP contribution in [0.5, 0.6) is 0 Å². The van der Waals surface area contributed by atoms with Crippen molar-refractivity contribution in [3.05, 3.63) is 35.4 Å². The minimum atomic E-state index is 0.0914. The van der Waals surface area contributed by atoms with E-state index in [0.29, 0.717) is 19.4 Å². The molecule has 0 saturated carbocycles. The maximum Gasteiger partial charge on any atom is 0.222 e. The maximum atomic E-state index is 11.9. The van der Waals surface area contributed by atoms with Gasteiger partial charge in [0.1, 0.15) is 0 Å². The van der Waals surface area contributed by atoms with Gasteiger partial charge in [0.25, 0.3) is 0 Å². The summed E-state index contributed by atoms with van der Waals surface area (Å²) in [6.45, 7) is 4.35. The molecule has 4 nitrogen and oxygen atoms in total. The molecule has 0 aliphatic carbocycles. The van der Waals surface area contributed by atoms with Gasteiger partial charge in [-0.2, -0.15) is 0 Å². The summed E-state index contributed by atoms with van der Waals surface area (Å²) in [6.07, 6.45) is 6.09. The Balaban J connectivity index is 1.60. The molecule has 1 aromatic rings. The molecule has 1 saturated heterocycles. The summed E-state index contributed by atoms with van der Waals surface area (Å²) in [7, 11) is 0. The van der Waals surface area contributed by atoms with E-state index in [4.69, 9.17) is 0 Å². The molecule has 0 radical (unpaired) electrons. The molecule has 0 spiro atoms. The van der Waals surface area contributed by atoms with E-state index in [2.05, 4.69) is 30.4 Å². The van der Waals surface area contributed by atoms with Crippen LogP contribution in [0.3, 0.4) is 0 Å². The third-order valence-electron chi connectivity index (χ3n) is 4.32. The van der Waals surface area contributed by atoms with Crippen LogP contribution < -0.4 is 5.32 Å². The van der Waals surface area contributed by atoms with Crippen molar-refractivity contribution in [3.8, 4) is 0 Å². The molecule has 1 fully saturated rings. The first-order chi connectivity index (χ1) is 11.1. The number of carbonyl (C=O) groups excluding carboxylic acids is 2. The van der Waals surface area contributed by atoms with Gasteiger partial charge in [0, 0.05) is 32.5 Å². The molecular weight excluding hydrogens is 288 g/mol. The van der Waals surface area contributed by atoms with Gasteiger partial charge in [0.05, 0.1) is 0 Å². The predicted octanol–water partition coefficient (Wildman–Crippen LogP) is 2.84. The highest BCUT2D eigenvalue weighted by atomic mass is 16.2. The van der Waals surface area contributed by atoms with Crippen molar-refractivity contribution in [2.24, 2.45) is 0 Å². The topological polar surface area (TPSA) is 49.4 Å². The van der Waals surface area contributed by atoms with Gasteiger partial charge >= 0.3 is 0 Å². The zero-order valence-corrected chi connectivity index (χ0v) is 14.1. The van der Waals surface area contributed by atoms with E-state index in [1.54, 1.807) is 0 Å². The van der Waals surface area contributed by atoms with Gasteiger partial charge in [-0.1, -0.05) is 36.2 Å². The van der Waals surface area contributed by atoms with Gasteiger partial charge in [-0.15, -0.1) is 0 Å². The van der Waals surface area contributed by atoms with Crippen LogP contribution >= 0.6 is 0 Å². The third kappa shape index (κ3) is 6.43. The zero-order chi connectivity index (χ0) is 16.5. The minimum absolute atomic E-state index is 0.0914. The van der Waals surface area contributed by atoms with Crippen LogP contribution in [0.2, 0.25) is 0 Å². The smallest absolute Gasteiger partial charge is 0.222 e. The van der Waals surface area contributed by atoms with Crippen LogP contribution in [-0.2, 0) is 16.0 Å². The maximum absolute atomic E-state index is 11.9. The van der Waals surface area contributed by atoms with E-state index in [-0.39, 0.29) is 11.8 Å². The summed E-state index contributed by atoms with van der Waals surface area (Å²) in [5.74, 6) is 0.363. The van der Waals surface area contributed by atoms with Gasteiger partial charge in [-0.3, -0.25) is 9.59 Å². The summed E-state index contributed by atoms with van der Waals surface area (Å²) >= 11 is 0. The Morgan fingerprint density at radius 2 is 2.13 bits per heavy atom. The lowest BCUT2D eigenvalue weighted by Gasteiger charge is -2.20. The van der Waals surface area contributed by atoms with Gasteiger partial charge in [0.2, 0.25) is 11.8 Å². The summed E-state index contributed by atoms with van der Waals surface area (Å²) in [6, 6.07) is 8.28. The number of carbonyl (C=O) groups is 2. The van der Waals surface area contributed by atoms with Crippen molar-refractivity contribution >= 4 is 11.8 Å². The van der Waals surface area contributed by atoms with E-state index in [1.165, 1.54) is 11.1 Å². The second kappa shape index (κ2) is 9.33. The van der Waals surface area contributed by atoms with Crippen LogP contribution in [0.25, 0.3) is 0 Å². The zero-order valence-electron chi connectivity index (χ0n) is 14.1. The molecule has 0 atom stereocenters. The van der Waals surface area contributed by atoms with Crippen molar-refractivity contribution in [3.63, 3.8) is 0 Å². The number of rotatable bonds is 7. The Morgan fingerprint density at radius 1 is 1.26 bits per heavy atom. The fourth-order valence-corrected chi connectivity index (χ4v) is 2.99. The molecule has 4 heteroatoms. The van der Waals surface area contributed by atoms with E-state index in [9.17, 15) is 9.59 Å². The standard InChI is InChI=1S/C19H28N2O2/c1-16-7-5-8-17(15-16)10-11-18(22)20-12-6-14-21-13-4-2-3-9-19(21)23/h5,7-8,15H,2-4,6,9-14H2,1H3,(H,20,22). The lowest BCUT2D eigenvalue weighted by Crippen LogP contribution is -2.34. The molecule has 2 rings (SSSR count). The first kappa shape index (κ1) is 17.5. The Morgan fingerprint density at radius 3 is 2.96 bits per heavy atom. The molecule has 0 aromatic heterocycles. The fourth-order valence-electron chi connectivity index (χ4n) is 2.99. The van der Waals surface area contributed by atoms with Crippen molar-refractivity contribution in [1.82, 2.24) is 10.2 Å². The number of hydrogen-bond donors (Lipinski definition) is 1. The highest BCUT2D eigenvalue weighted by Gasteiger charge is 2.15. The summed E-state index contributed by atoms with van der Waals surface area (Å²) < 4.78 is 0. The van der Waals surface area contributed by atoms with Gasteiger partial charge in [-0.05, 0) is 38.2 Å². The summed E-state index contributed by atoms with van der Waals surface area (Å²) in [4.78, 5) is 25.7. The Kier molecular flexibility index (Phi) is 7.11. The molecule has 1 N–H and O–H groups in total. The number of aryl methyl sites for hydroxylation is 2. The van der Waals surface area contributed by atoms with Gasteiger partial charge < -0.3 is 10.2 Å². The number of hydrogen-bond acceptors (Lipinski definition) is 2. The Bertz CT molecular complexity index is 528. The predicted molar refractivity (Wildman–Crippen MR) is 92.2 cm³/mol. The molecule has 126 valence electrons. The monoisotopic (exact) mass is 316 g/mol. The Labute approximate surface area is 139 Å². The van der Waals surface area contributed by atoms with Crippen molar-refractivity contribution in [1.29, 1.82) is 0 Å². The van der Waals surface area contributed by atoms with Crippen LogP contribution in [0.1, 0.15) is 49.7 Å². The number of nitrogens with one attached hydrogen (secondary N) is 1. The first-order valence-electron chi connectivity index (χ1n) is 8.75. The quantitative estimate of drug-likeness (QED) is 0.786. The highest BCUT2D eigenvalue weighted by molar-refractivity contribution is 5.76. The van der Waals surface area contributed by atoms with Crippen molar-refractivity contribution < 1.29 is 9.59 Å². The largest absolute Gasteiger partial charge is 0.356 e. The molecular formula is C19H28N2O2. The molecule has 1 aliphatic rings. The second-order valence-corrected chi connectivity index (χ2v) is 6.38. The number of benzene rings is 1. The molecule has 0 unspecified atom stereocenters. The van der Waals surface area contributed by atoms with Crippen LogP contribution in [-0.4, -0.2) is 36.3 Å². The number of nitrogens with zero attached hydrogens (tertiary/aromatic N) is 1. The second-order valence-electron chi connectivity index (χ2n) is 6.38. The van der Waals surface area contributed by atoms with E-state index >= 15 is 0 Å². The van der Waals surface area contributed by atoms with Gasteiger partial charge in [-0.25, -0.2) is 0 Å². The van der Waals surface area contributed by atoms with Crippen LogP contribution in [0.15, 0.2) is 24.3 Å². The van der Waals surface area contributed by atoms with Gasteiger partial charge in [0.15, 0.2) is 0 Å². The van der Waals surface area contributed by atoms with Crippen molar-refractivity contribution in [2.75, 3.05) is 19.6 Å². The number of likely N-dealkylation sites (tertiary alicyclic amines) is 1. The fraction of sp³-hybridized carbons (Fsp3) is 0.579. The third-order valence-corrected chi connectivity index (χ3v) is 4.32. The average molecular weight is 316 g/mol. The highest BCUT2D eigenvalue weighted by Crippen LogP contribution is 2.11. The van der Waals surface area contributed by atoms with E-state index < -0.39 is 0 Å². The lowest BCUT2D eigenvalue weighted by molar-refractivity contribution is -0.130. The van der Waals surface area contributed by atoms with Crippen LogP contribution in [0, 0.1) is 6.92 Å². The van der Waals surface area contributed by atoms with Crippen molar-refractivity contribution in [2.45, 2.75) is 51.9 Å². The lowest BCUT2D eigenvalue weighted by atomic mass is 10.1. The SMILES string of the molecule is Cc1cccc(CCC(=O)NCCCN2CCCCCC2=O)c1. The molecule has 1 heterocycles. The molecule has 2 amide bonds. The molecule has 0 bridgehead atoms. The molecule has 1 aliphatic heterocycles. The van der Waals surface area contributed by atoms with E-state index in [0.717, 1.165) is 45.2 Å². The molecule has 23 heavy (non-hydrogen) atoms. The van der Waals surface area contributed by atoms with Crippen LogP contribution in [0.4, 0.5) is 0 Å². The minimum Gasteiger partial charge on any atom is -0.356 e.